The first-order valence-corrected chi connectivity index (χ1v) is 9.61. The van der Waals surface area contributed by atoms with Gasteiger partial charge in [-0.15, -0.1) is 0 Å². The molecule has 4 rings (SSSR count). The van der Waals surface area contributed by atoms with Crippen LogP contribution in [0.3, 0.4) is 0 Å². The van der Waals surface area contributed by atoms with Gasteiger partial charge in [0.1, 0.15) is 0 Å². The minimum atomic E-state index is -0.590. The van der Waals surface area contributed by atoms with Crippen LogP contribution in [0.25, 0.3) is 5.70 Å². The van der Waals surface area contributed by atoms with Crippen molar-refractivity contribution in [1.29, 1.82) is 0 Å². The fraction of sp³-hybridized carbons (Fsp3) is 0.0476. The first-order chi connectivity index (χ1) is 14.4. The maximum absolute atomic E-state index is 13.2. The van der Waals surface area contributed by atoms with E-state index in [-0.39, 0.29) is 11.6 Å². The Hall–Kier alpha value is -3.42. The molecule has 0 bridgehead atoms. The molecule has 2 heterocycles. The molecule has 0 radical (unpaired) electrons. The van der Waals surface area contributed by atoms with Gasteiger partial charge in [0.15, 0.2) is 0 Å². The Morgan fingerprint density at radius 2 is 1.87 bits per heavy atom. The summed E-state index contributed by atoms with van der Waals surface area (Å²) >= 11 is 12.3. The molecule has 0 fully saturated rings. The van der Waals surface area contributed by atoms with Gasteiger partial charge in [-0.1, -0.05) is 35.3 Å². The lowest BCUT2D eigenvalue weighted by Gasteiger charge is -2.25. The number of nitrogens with zero attached hydrogens (tertiary/aromatic N) is 3. The summed E-state index contributed by atoms with van der Waals surface area (Å²) in [6.45, 7) is 0. The summed E-state index contributed by atoms with van der Waals surface area (Å²) in [5.74, 6) is -0.315. The summed E-state index contributed by atoms with van der Waals surface area (Å²) in [5, 5.41) is 13.5. The zero-order chi connectivity index (χ0) is 21.3. The minimum absolute atomic E-state index is 0.0600. The molecule has 1 unspecified atom stereocenters. The average molecular weight is 441 g/mol. The highest BCUT2D eigenvalue weighted by molar-refractivity contribution is 6.35. The van der Waals surface area contributed by atoms with Crippen LogP contribution in [-0.4, -0.2) is 20.8 Å². The smallest absolute Gasteiger partial charge is 0.273 e. The molecule has 0 saturated heterocycles. The number of pyridine rings is 1. The van der Waals surface area contributed by atoms with Crippen molar-refractivity contribution in [2.45, 2.75) is 6.04 Å². The largest absolute Gasteiger partial charge is 0.294 e. The number of nitro benzene ring substituents is 1. The molecular weight excluding hydrogens is 427 g/mol. The standard InChI is InChI=1S/C21H14Cl2N4O3/c22-15-4-5-17(18(23)11-15)19-12-20(14-2-1-3-16(10-14)27(29)30)26(25-19)21(28)13-6-8-24-9-7-13/h1-12,20,25H. The summed E-state index contributed by atoms with van der Waals surface area (Å²) in [7, 11) is 0. The number of hydrogen-bond acceptors (Lipinski definition) is 5. The van der Waals surface area contributed by atoms with Crippen molar-refractivity contribution in [3.05, 3.63) is 110 Å². The summed E-state index contributed by atoms with van der Waals surface area (Å²) in [6, 6.07) is 13.8. The number of carbonyl (C=O) groups excluding carboxylic acids is 1. The van der Waals surface area contributed by atoms with E-state index >= 15 is 0 Å². The first kappa shape index (κ1) is 19.9. The van der Waals surface area contributed by atoms with Gasteiger partial charge in [-0.3, -0.25) is 25.3 Å². The highest BCUT2D eigenvalue weighted by Crippen LogP contribution is 2.36. The van der Waals surface area contributed by atoms with Crippen LogP contribution < -0.4 is 5.43 Å². The quantitative estimate of drug-likeness (QED) is 0.453. The number of rotatable bonds is 4. The third-order valence-corrected chi connectivity index (χ3v) is 5.18. The molecule has 150 valence electrons. The van der Waals surface area contributed by atoms with Crippen molar-refractivity contribution in [2.24, 2.45) is 0 Å². The number of hydrazine groups is 1. The van der Waals surface area contributed by atoms with Crippen LogP contribution in [0.15, 0.2) is 73.1 Å². The molecule has 1 atom stereocenters. The number of non-ortho nitro benzene ring substituents is 1. The molecule has 7 nitrogen and oxygen atoms in total. The van der Waals surface area contributed by atoms with Crippen LogP contribution in [0.5, 0.6) is 0 Å². The van der Waals surface area contributed by atoms with Gasteiger partial charge in [-0.05, 0) is 42.0 Å². The Labute approximate surface area is 181 Å². The lowest BCUT2D eigenvalue weighted by molar-refractivity contribution is -0.384. The van der Waals surface area contributed by atoms with Crippen molar-refractivity contribution in [3.63, 3.8) is 0 Å². The number of halogens is 2. The zero-order valence-electron chi connectivity index (χ0n) is 15.3. The summed E-state index contributed by atoms with van der Waals surface area (Å²) in [6.07, 6.45) is 4.85. The van der Waals surface area contributed by atoms with Crippen molar-refractivity contribution >= 4 is 40.5 Å². The first-order valence-electron chi connectivity index (χ1n) is 8.86. The number of hydrogen-bond donors (Lipinski definition) is 1. The Kier molecular flexibility index (Phi) is 5.39. The third kappa shape index (κ3) is 3.85. The SMILES string of the molecule is O=C(c1ccncc1)N1NC(c2ccc(Cl)cc2Cl)=CC1c1cccc([N+](=O)[O-])c1. The zero-order valence-corrected chi connectivity index (χ0v) is 16.8. The van der Waals surface area contributed by atoms with Crippen molar-refractivity contribution in [3.8, 4) is 0 Å². The lowest BCUT2D eigenvalue weighted by Crippen LogP contribution is -2.39. The van der Waals surface area contributed by atoms with Crippen LogP contribution in [0, 0.1) is 10.1 Å². The number of benzene rings is 2. The highest BCUT2D eigenvalue weighted by atomic mass is 35.5. The van der Waals surface area contributed by atoms with E-state index in [1.54, 1.807) is 48.5 Å². The van der Waals surface area contributed by atoms with E-state index in [0.717, 1.165) is 0 Å². The lowest BCUT2D eigenvalue weighted by atomic mass is 10.0. The molecule has 1 aliphatic rings. The van der Waals surface area contributed by atoms with E-state index < -0.39 is 11.0 Å². The predicted octanol–water partition coefficient (Wildman–Crippen LogP) is 5.04. The van der Waals surface area contributed by atoms with Crippen molar-refractivity contribution in [2.75, 3.05) is 0 Å². The maximum atomic E-state index is 13.2. The summed E-state index contributed by atoms with van der Waals surface area (Å²) in [5.41, 5.74) is 5.28. The molecule has 1 aromatic heterocycles. The monoisotopic (exact) mass is 440 g/mol. The molecule has 0 saturated carbocycles. The molecule has 1 amide bonds. The second-order valence-corrected chi connectivity index (χ2v) is 7.37. The summed E-state index contributed by atoms with van der Waals surface area (Å²) in [4.78, 5) is 27.9. The number of nitro groups is 1. The molecular formula is C21H14Cl2N4O3. The predicted molar refractivity (Wildman–Crippen MR) is 114 cm³/mol. The molecule has 3 aromatic rings. The van der Waals surface area contributed by atoms with Crippen LogP contribution in [-0.2, 0) is 0 Å². The van der Waals surface area contributed by atoms with Gasteiger partial charge in [-0.25, -0.2) is 5.01 Å². The van der Waals surface area contributed by atoms with Gasteiger partial charge < -0.3 is 0 Å². The highest BCUT2D eigenvalue weighted by Gasteiger charge is 2.32. The number of amides is 1. The molecule has 2 aromatic carbocycles. The fourth-order valence-electron chi connectivity index (χ4n) is 3.21. The van der Waals surface area contributed by atoms with Gasteiger partial charge in [0.05, 0.1) is 21.7 Å². The third-order valence-electron chi connectivity index (χ3n) is 4.63. The second kappa shape index (κ2) is 8.14. The van der Waals surface area contributed by atoms with Crippen LogP contribution in [0.1, 0.15) is 27.5 Å². The van der Waals surface area contributed by atoms with E-state index in [0.29, 0.717) is 32.4 Å². The van der Waals surface area contributed by atoms with Gasteiger partial charge in [0.25, 0.3) is 11.6 Å². The molecule has 30 heavy (non-hydrogen) atoms. The molecule has 1 N–H and O–H groups in total. The normalized spacial score (nSPS) is 15.5. The number of nitrogens with one attached hydrogen (secondary N) is 1. The number of aromatic nitrogens is 1. The average Bonchev–Trinajstić information content (AvgIpc) is 3.19. The van der Waals surface area contributed by atoms with Gasteiger partial charge in [0, 0.05) is 40.7 Å². The Balaban J connectivity index is 1.78. The molecule has 0 aliphatic carbocycles. The van der Waals surface area contributed by atoms with Gasteiger partial charge in [0.2, 0.25) is 0 Å². The molecule has 9 heteroatoms. The van der Waals surface area contributed by atoms with Crippen LogP contribution >= 0.6 is 23.2 Å². The Bertz CT molecular complexity index is 1170. The van der Waals surface area contributed by atoms with E-state index in [2.05, 4.69) is 10.4 Å². The molecule has 1 aliphatic heterocycles. The van der Waals surface area contributed by atoms with Gasteiger partial charge in [-0.2, -0.15) is 0 Å². The van der Waals surface area contributed by atoms with E-state index in [9.17, 15) is 14.9 Å². The van der Waals surface area contributed by atoms with Crippen molar-refractivity contribution in [1.82, 2.24) is 15.4 Å². The second-order valence-electron chi connectivity index (χ2n) is 6.52. The van der Waals surface area contributed by atoms with Crippen LogP contribution in [0.2, 0.25) is 10.0 Å². The van der Waals surface area contributed by atoms with Gasteiger partial charge >= 0.3 is 0 Å². The van der Waals surface area contributed by atoms with E-state index in [4.69, 9.17) is 23.2 Å². The van der Waals surface area contributed by atoms with Crippen molar-refractivity contribution < 1.29 is 9.72 Å². The van der Waals surface area contributed by atoms with Crippen LogP contribution in [0.4, 0.5) is 5.69 Å². The van der Waals surface area contributed by atoms with E-state index in [1.807, 2.05) is 0 Å². The van der Waals surface area contributed by atoms with E-state index in [1.165, 1.54) is 29.5 Å². The number of carbonyl (C=O) groups is 1. The maximum Gasteiger partial charge on any atom is 0.273 e. The fourth-order valence-corrected chi connectivity index (χ4v) is 3.72. The Morgan fingerprint density at radius 1 is 1.10 bits per heavy atom. The Morgan fingerprint density at radius 3 is 2.57 bits per heavy atom. The minimum Gasteiger partial charge on any atom is -0.294 e. The molecule has 0 spiro atoms. The topological polar surface area (TPSA) is 88.4 Å². The summed E-state index contributed by atoms with van der Waals surface area (Å²) < 4.78 is 0.